The predicted octanol–water partition coefficient (Wildman–Crippen LogP) is 2.13. The first-order chi connectivity index (χ1) is 5.07. The molecule has 0 heterocycles. The third kappa shape index (κ3) is 4.25. The van der Waals surface area contributed by atoms with Gasteiger partial charge in [-0.1, -0.05) is 12.2 Å². The van der Waals surface area contributed by atoms with Gasteiger partial charge in [0.2, 0.25) is 0 Å². The lowest BCUT2D eigenvalue weighted by Crippen LogP contribution is -2.04. The van der Waals surface area contributed by atoms with Crippen molar-refractivity contribution in [1.82, 2.24) is 5.32 Å². The third-order valence-electron chi connectivity index (χ3n) is 1.25. The zero-order valence-corrected chi connectivity index (χ0v) is 7.31. The van der Waals surface area contributed by atoms with E-state index in [-0.39, 0.29) is 5.76 Å². The van der Waals surface area contributed by atoms with Crippen molar-refractivity contribution in [2.45, 2.75) is 13.8 Å². The minimum atomic E-state index is 0.0685. The molecule has 0 fully saturated rings. The zero-order valence-electron chi connectivity index (χ0n) is 7.31. The van der Waals surface area contributed by atoms with Crippen LogP contribution in [0.3, 0.4) is 0 Å². The molecule has 0 saturated heterocycles. The maximum Gasteiger partial charge on any atom is 0.108 e. The highest BCUT2D eigenvalue weighted by Crippen LogP contribution is 2.01. The summed E-state index contributed by atoms with van der Waals surface area (Å²) < 4.78 is 0. The number of aliphatic hydroxyl groups is 1. The molecule has 0 amide bonds. The van der Waals surface area contributed by atoms with Gasteiger partial charge in [0.1, 0.15) is 5.76 Å². The highest BCUT2D eigenvalue weighted by Gasteiger charge is 1.89. The van der Waals surface area contributed by atoms with Gasteiger partial charge in [-0.3, -0.25) is 0 Å². The van der Waals surface area contributed by atoms with Gasteiger partial charge in [0.25, 0.3) is 0 Å². The molecule has 2 nitrogen and oxygen atoms in total. The van der Waals surface area contributed by atoms with Crippen LogP contribution in [0.25, 0.3) is 0 Å². The van der Waals surface area contributed by atoms with E-state index in [2.05, 4.69) is 11.9 Å². The molecule has 0 unspecified atom stereocenters. The third-order valence-corrected chi connectivity index (χ3v) is 1.25. The average Bonchev–Trinajstić information content (AvgIpc) is 1.87. The number of allylic oxidation sites excluding steroid dienone is 3. The summed E-state index contributed by atoms with van der Waals surface area (Å²) in [6, 6.07) is 0. The Kier molecular flexibility index (Phi) is 4.11. The molecule has 2 heteroatoms. The van der Waals surface area contributed by atoms with Gasteiger partial charge < -0.3 is 10.4 Å². The van der Waals surface area contributed by atoms with Gasteiger partial charge in [-0.05, 0) is 26.0 Å². The second kappa shape index (κ2) is 4.61. The van der Waals surface area contributed by atoms with Crippen molar-refractivity contribution in [1.29, 1.82) is 0 Å². The topological polar surface area (TPSA) is 32.3 Å². The summed E-state index contributed by atoms with van der Waals surface area (Å²) in [4.78, 5) is 0. The van der Waals surface area contributed by atoms with Gasteiger partial charge in [0.15, 0.2) is 0 Å². The van der Waals surface area contributed by atoms with Crippen molar-refractivity contribution in [3.63, 3.8) is 0 Å². The Morgan fingerprint density at radius 2 is 1.91 bits per heavy atom. The van der Waals surface area contributed by atoms with Gasteiger partial charge in [0, 0.05) is 12.7 Å². The molecule has 0 rings (SSSR count). The molecule has 2 N–H and O–H groups in total. The number of aliphatic hydroxyl groups excluding tert-OH is 1. The number of likely N-dealkylation sites (N-methyl/N-ethyl adjacent to an activating group) is 1. The Morgan fingerprint density at radius 3 is 2.18 bits per heavy atom. The standard InChI is InChI=1S/C9H15NO/c1-7(2)9(10-4)6-5-8(3)11/h5-6,10-11H,3H2,1-2,4H3/b6-5-. The van der Waals surface area contributed by atoms with Crippen molar-refractivity contribution in [3.8, 4) is 0 Å². The molecule has 0 aromatic heterocycles. The highest BCUT2D eigenvalue weighted by molar-refractivity contribution is 5.25. The monoisotopic (exact) mass is 153 g/mol. The van der Waals surface area contributed by atoms with Crippen LogP contribution in [0.1, 0.15) is 13.8 Å². The minimum Gasteiger partial charge on any atom is -0.509 e. The van der Waals surface area contributed by atoms with E-state index in [9.17, 15) is 0 Å². The number of hydrogen-bond donors (Lipinski definition) is 2. The van der Waals surface area contributed by atoms with Crippen molar-refractivity contribution in [3.05, 3.63) is 35.8 Å². The summed E-state index contributed by atoms with van der Waals surface area (Å²) in [5.41, 5.74) is 2.17. The van der Waals surface area contributed by atoms with E-state index in [4.69, 9.17) is 5.11 Å². The minimum absolute atomic E-state index is 0.0685. The quantitative estimate of drug-likeness (QED) is 0.481. The van der Waals surface area contributed by atoms with E-state index in [1.807, 2.05) is 20.9 Å². The zero-order chi connectivity index (χ0) is 8.85. The van der Waals surface area contributed by atoms with Crippen molar-refractivity contribution in [2.75, 3.05) is 7.05 Å². The van der Waals surface area contributed by atoms with Gasteiger partial charge >= 0.3 is 0 Å². The lowest BCUT2D eigenvalue weighted by atomic mass is 10.2. The Balaban J connectivity index is 4.33. The molecular formula is C9H15NO. The first-order valence-corrected chi connectivity index (χ1v) is 3.49. The van der Waals surface area contributed by atoms with Crippen LogP contribution < -0.4 is 5.32 Å². The summed E-state index contributed by atoms with van der Waals surface area (Å²) in [6.45, 7) is 7.33. The molecule has 0 bridgehead atoms. The average molecular weight is 153 g/mol. The maximum atomic E-state index is 8.75. The summed E-state index contributed by atoms with van der Waals surface area (Å²) in [5.74, 6) is 0.0685. The number of nitrogens with one attached hydrogen (secondary N) is 1. The molecule has 0 aromatic rings. The van der Waals surface area contributed by atoms with E-state index in [0.717, 1.165) is 5.70 Å². The van der Waals surface area contributed by atoms with E-state index in [1.54, 1.807) is 12.2 Å². The van der Waals surface area contributed by atoms with Crippen LogP contribution in [-0.2, 0) is 0 Å². The van der Waals surface area contributed by atoms with Crippen LogP contribution in [0.2, 0.25) is 0 Å². The summed E-state index contributed by atoms with van der Waals surface area (Å²) in [6.07, 6.45) is 3.34. The Labute approximate surface area is 67.9 Å². The first-order valence-electron chi connectivity index (χ1n) is 3.49. The van der Waals surface area contributed by atoms with Crippen LogP contribution in [0.4, 0.5) is 0 Å². The molecule has 0 aliphatic carbocycles. The molecule has 0 radical (unpaired) electrons. The highest BCUT2D eigenvalue weighted by atomic mass is 16.3. The van der Waals surface area contributed by atoms with Gasteiger partial charge in [-0.15, -0.1) is 0 Å². The molecule has 11 heavy (non-hydrogen) atoms. The predicted molar refractivity (Wildman–Crippen MR) is 48.3 cm³/mol. The van der Waals surface area contributed by atoms with Gasteiger partial charge in [0.05, 0.1) is 0 Å². The van der Waals surface area contributed by atoms with Crippen LogP contribution in [0.5, 0.6) is 0 Å². The number of rotatable bonds is 3. The molecule has 0 saturated carbocycles. The summed E-state index contributed by atoms with van der Waals surface area (Å²) in [7, 11) is 1.84. The van der Waals surface area contributed by atoms with Crippen LogP contribution >= 0.6 is 0 Å². The van der Waals surface area contributed by atoms with E-state index < -0.39 is 0 Å². The Hall–Kier alpha value is -1.18. The van der Waals surface area contributed by atoms with Gasteiger partial charge in [-0.2, -0.15) is 0 Å². The second-order valence-corrected chi connectivity index (χ2v) is 2.49. The van der Waals surface area contributed by atoms with Crippen LogP contribution in [0, 0.1) is 0 Å². The van der Waals surface area contributed by atoms with Crippen molar-refractivity contribution < 1.29 is 5.11 Å². The van der Waals surface area contributed by atoms with Crippen LogP contribution in [0.15, 0.2) is 35.8 Å². The fourth-order valence-corrected chi connectivity index (χ4v) is 0.680. The lowest BCUT2D eigenvalue weighted by molar-refractivity contribution is 0.435. The molecular weight excluding hydrogens is 138 g/mol. The van der Waals surface area contributed by atoms with E-state index in [1.165, 1.54) is 5.57 Å². The van der Waals surface area contributed by atoms with Crippen LogP contribution in [-0.4, -0.2) is 12.2 Å². The number of hydrogen-bond acceptors (Lipinski definition) is 2. The molecule has 0 aromatic carbocycles. The second-order valence-electron chi connectivity index (χ2n) is 2.49. The van der Waals surface area contributed by atoms with Crippen molar-refractivity contribution in [2.24, 2.45) is 0 Å². The summed E-state index contributed by atoms with van der Waals surface area (Å²) in [5, 5.41) is 11.7. The SMILES string of the molecule is C=C(O)/C=C\C(NC)=C(C)C. The fourth-order valence-electron chi connectivity index (χ4n) is 0.680. The fraction of sp³-hybridized carbons (Fsp3) is 0.333. The Morgan fingerprint density at radius 1 is 1.36 bits per heavy atom. The maximum absolute atomic E-state index is 8.75. The molecule has 0 aliphatic rings. The largest absolute Gasteiger partial charge is 0.509 e. The van der Waals surface area contributed by atoms with E-state index in [0.29, 0.717) is 0 Å². The summed E-state index contributed by atoms with van der Waals surface area (Å²) >= 11 is 0. The molecule has 0 atom stereocenters. The Bertz CT molecular complexity index is 198. The molecule has 0 aliphatic heterocycles. The van der Waals surface area contributed by atoms with Crippen molar-refractivity contribution >= 4 is 0 Å². The smallest absolute Gasteiger partial charge is 0.108 e. The lowest BCUT2D eigenvalue weighted by Gasteiger charge is -2.02. The molecule has 62 valence electrons. The first kappa shape index (κ1) is 9.82. The molecule has 0 spiro atoms. The van der Waals surface area contributed by atoms with E-state index >= 15 is 0 Å². The van der Waals surface area contributed by atoms with Gasteiger partial charge in [-0.25, -0.2) is 0 Å². The normalized spacial score (nSPS) is 9.73.